The smallest absolute Gasteiger partial charge is 0.271 e. The van der Waals surface area contributed by atoms with Gasteiger partial charge in [0.05, 0.1) is 0 Å². The van der Waals surface area contributed by atoms with Gasteiger partial charge in [0, 0.05) is 18.7 Å². The van der Waals surface area contributed by atoms with Crippen molar-refractivity contribution in [3.63, 3.8) is 0 Å². The standard InChI is InChI=1S/C8H12N4O2/c1-5(4-9)10-8(14)6-2-3-7(13)12-11-6/h2-3,5H,4,9H2,1H3,(H,10,14)(H,12,13). The van der Waals surface area contributed by atoms with Crippen LogP contribution in [0.4, 0.5) is 0 Å². The van der Waals surface area contributed by atoms with Crippen molar-refractivity contribution in [2.75, 3.05) is 6.54 Å². The third-order valence-electron chi connectivity index (χ3n) is 1.64. The second-order valence-corrected chi connectivity index (χ2v) is 2.92. The van der Waals surface area contributed by atoms with Gasteiger partial charge in [-0.15, -0.1) is 0 Å². The van der Waals surface area contributed by atoms with Crippen molar-refractivity contribution in [1.82, 2.24) is 15.5 Å². The van der Waals surface area contributed by atoms with Crippen molar-refractivity contribution in [1.29, 1.82) is 0 Å². The first-order valence-electron chi connectivity index (χ1n) is 4.20. The number of aromatic nitrogens is 2. The Hall–Kier alpha value is -1.69. The van der Waals surface area contributed by atoms with Gasteiger partial charge in [-0.05, 0) is 13.0 Å². The average molecular weight is 196 g/mol. The van der Waals surface area contributed by atoms with Crippen LogP contribution in [-0.2, 0) is 0 Å². The van der Waals surface area contributed by atoms with Crippen LogP contribution >= 0.6 is 0 Å². The molecule has 1 aromatic heterocycles. The van der Waals surface area contributed by atoms with E-state index >= 15 is 0 Å². The summed E-state index contributed by atoms with van der Waals surface area (Å²) in [6, 6.07) is 2.49. The highest BCUT2D eigenvalue weighted by Gasteiger charge is 2.09. The van der Waals surface area contributed by atoms with Crippen LogP contribution < -0.4 is 16.6 Å². The van der Waals surface area contributed by atoms with Gasteiger partial charge < -0.3 is 11.1 Å². The van der Waals surface area contributed by atoms with Gasteiger partial charge in [0.25, 0.3) is 11.5 Å². The minimum absolute atomic E-state index is 0.115. The Morgan fingerprint density at radius 3 is 2.93 bits per heavy atom. The number of hydrogen-bond donors (Lipinski definition) is 3. The first-order valence-corrected chi connectivity index (χ1v) is 4.20. The Bertz CT molecular complexity index is 353. The van der Waals surface area contributed by atoms with Gasteiger partial charge in [-0.3, -0.25) is 9.59 Å². The number of hydrogen-bond acceptors (Lipinski definition) is 4. The van der Waals surface area contributed by atoms with E-state index in [0.717, 1.165) is 0 Å². The van der Waals surface area contributed by atoms with E-state index in [-0.39, 0.29) is 23.2 Å². The van der Waals surface area contributed by atoms with Crippen LogP contribution in [0.2, 0.25) is 0 Å². The van der Waals surface area contributed by atoms with Crippen LogP contribution in [0.1, 0.15) is 17.4 Å². The Labute approximate surface area is 80.5 Å². The van der Waals surface area contributed by atoms with E-state index in [1.807, 2.05) is 0 Å². The van der Waals surface area contributed by atoms with E-state index < -0.39 is 0 Å². The summed E-state index contributed by atoms with van der Waals surface area (Å²) in [4.78, 5) is 22.0. The monoisotopic (exact) mass is 196 g/mol. The van der Waals surface area contributed by atoms with Crippen molar-refractivity contribution in [2.45, 2.75) is 13.0 Å². The second kappa shape index (κ2) is 4.52. The lowest BCUT2D eigenvalue weighted by Gasteiger charge is -2.09. The maximum atomic E-state index is 11.4. The van der Waals surface area contributed by atoms with Gasteiger partial charge >= 0.3 is 0 Å². The highest BCUT2D eigenvalue weighted by molar-refractivity contribution is 5.92. The van der Waals surface area contributed by atoms with Crippen LogP contribution in [0.3, 0.4) is 0 Å². The fourth-order valence-corrected chi connectivity index (χ4v) is 0.828. The fraction of sp³-hybridized carbons (Fsp3) is 0.375. The zero-order chi connectivity index (χ0) is 10.6. The van der Waals surface area contributed by atoms with Crippen LogP contribution in [0.15, 0.2) is 16.9 Å². The minimum atomic E-state index is -0.348. The van der Waals surface area contributed by atoms with Gasteiger partial charge in [0.2, 0.25) is 0 Å². The summed E-state index contributed by atoms with van der Waals surface area (Å²) < 4.78 is 0. The van der Waals surface area contributed by atoms with Crippen molar-refractivity contribution < 1.29 is 4.79 Å². The third-order valence-corrected chi connectivity index (χ3v) is 1.64. The van der Waals surface area contributed by atoms with Gasteiger partial charge in [-0.1, -0.05) is 0 Å². The third kappa shape index (κ3) is 2.67. The fourth-order valence-electron chi connectivity index (χ4n) is 0.828. The normalized spacial score (nSPS) is 12.1. The molecule has 4 N–H and O–H groups in total. The van der Waals surface area contributed by atoms with Gasteiger partial charge in [-0.2, -0.15) is 5.10 Å². The Morgan fingerprint density at radius 2 is 2.43 bits per heavy atom. The molecule has 6 nitrogen and oxygen atoms in total. The lowest BCUT2D eigenvalue weighted by atomic mass is 10.3. The molecule has 1 atom stereocenters. The van der Waals surface area contributed by atoms with Crippen molar-refractivity contribution in [2.24, 2.45) is 5.73 Å². The molecule has 0 aliphatic carbocycles. The molecule has 0 bridgehead atoms. The van der Waals surface area contributed by atoms with Crippen molar-refractivity contribution in [3.8, 4) is 0 Å². The van der Waals surface area contributed by atoms with Crippen molar-refractivity contribution >= 4 is 5.91 Å². The molecule has 0 saturated carbocycles. The van der Waals surface area contributed by atoms with E-state index in [9.17, 15) is 9.59 Å². The molecular weight excluding hydrogens is 184 g/mol. The molecular formula is C8H12N4O2. The summed E-state index contributed by atoms with van der Waals surface area (Å²) in [7, 11) is 0. The van der Waals surface area contributed by atoms with E-state index in [4.69, 9.17) is 5.73 Å². The molecule has 1 rings (SSSR count). The molecule has 1 unspecified atom stereocenters. The average Bonchev–Trinajstić information content (AvgIpc) is 2.18. The van der Waals surface area contributed by atoms with Gasteiger partial charge in [0.1, 0.15) is 5.69 Å². The number of carbonyl (C=O) groups excluding carboxylic acids is 1. The Morgan fingerprint density at radius 1 is 1.71 bits per heavy atom. The largest absolute Gasteiger partial charge is 0.347 e. The predicted molar refractivity (Wildman–Crippen MR) is 50.8 cm³/mol. The van der Waals surface area contributed by atoms with Crippen LogP contribution in [0, 0.1) is 0 Å². The highest BCUT2D eigenvalue weighted by atomic mass is 16.2. The SMILES string of the molecule is CC(CN)NC(=O)c1ccc(=O)[nH]n1. The molecule has 76 valence electrons. The Balaban J connectivity index is 2.70. The zero-order valence-electron chi connectivity index (χ0n) is 7.78. The number of nitrogens with two attached hydrogens (primary N) is 1. The van der Waals surface area contributed by atoms with Crippen LogP contribution in [-0.4, -0.2) is 28.7 Å². The predicted octanol–water partition coefficient (Wildman–Crippen LogP) is -1.15. The summed E-state index contributed by atoms with van der Waals surface area (Å²) in [6.07, 6.45) is 0. The number of carbonyl (C=O) groups is 1. The zero-order valence-corrected chi connectivity index (χ0v) is 7.78. The number of amides is 1. The Kier molecular flexibility index (Phi) is 3.35. The van der Waals surface area contributed by atoms with E-state index in [1.165, 1.54) is 12.1 Å². The molecule has 0 saturated heterocycles. The number of nitrogens with zero attached hydrogens (tertiary/aromatic N) is 1. The van der Waals surface area contributed by atoms with E-state index in [1.54, 1.807) is 6.92 Å². The van der Waals surface area contributed by atoms with Crippen molar-refractivity contribution in [3.05, 3.63) is 28.2 Å². The number of nitrogens with one attached hydrogen (secondary N) is 2. The topological polar surface area (TPSA) is 101 Å². The minimum Gasteiger partial charge on any atom is -0.347 e. The molecule has 14 heavy (non-hydrogen) atoms. The first kappa shape index (κ1) is 10.4. The summed E-state index contributed by atoms with van der Waals surface area (Å²) in [5, 5.41) is 8.37. The molecule has 1 amide bonds. The van der Waals surface area contributed by atoms with Gasteiger partial charge in [-0.25, -0.2) is 5.10 Å². The highest BCUT2D eigenvalue weighted by Crippen LogP contribution is 1.89. The molecule has 6 heteroatoms. The maximum Gasteiger partial charge on any atom is 0.271 e. The first-order chi connectivity index (χ1) is 6.63. The second-order valence-electron chi connectivity index (χ2n) is 2.92. The van der Waals surface area contributed by atoms with E-state index in [0.29, 0.717) is 6.54 Å². The van der Waals surface area contributed by atoms with E-state index in [2.05, 4.69) is 15.5 Å². The molecule has 0 spiro atoms. The van der Waals surface area contributed by atoms with Gasteiger partial charge in [0.15, 0.2) is 0 Å². The summed E-state index contributed by atoms with van der Waals surface area (Å²) in [6.45, 7) is 2.14. The summed E-state index contributed by atoms with van der Waals surface area (Å²) >= 11 is 0. The molecule has 0 fully saturated rings. The number of rotatable bonds is 3. The lowest BCUT2D eigenvalue weighted by Crippen LogP contribution is -2.38. The summed E-state index contributed by atoms with van der Waals surface area (Å²) in [5.74, 6) is -0.348. The maximum absolute atomic E-state index is 11.4. The van der Waals surface area contributed by atoms with Crippen LogP contribution in [0.5, 0.6) is 0 Å². The molecule has 1 heterocycles. The van der Waals surface area contributed by atoms with Crippen LogP contribution in [0.25, 0.3) is 0 Å². The lowest BCUT2D eigenvalue weighted by molar-refractivity contribution is 0.0935. The molecule has 0 aromatic carbocycles. The molecule has 1 aromatic rings. The molecule has 0 aliphatic heterocycles. The molecule has 0 aliphatic rings. The number of aromatic amines is 1. The number of H-pyrrole nitrogens is 1. The summed E-state index contributed by atoms with van der Waals surface area (Å²) in [5.41, 5.74) is 5.16. The molecule has 0 radical (unpaired) electrons. The quantitative estimate of drug-likeness (QED) is 0.568.